The van der Waals surface area contributed by atoms with Crippen molar-refractivity contribution in [2.24, 2.45) is 0 Å². The van der Waals surface area contributed by atoms with E-state index in [9.17, 15) is 9.18 Å². The number of ether oxygens (including phenoxy) is 1. The fraction of sp³-hybridized carbons (Fsp3) is 0.125. The minimum absolute atomic E-state index is 0.218. The molecule has 6 nitrogen and oxygen atoms in total. The van der Waals surface area contributed by atoms with Gasteiger partial charge >= 0.3 is 0 Å². The topological polar surface area (TPSA) is 69.0 Å². The second-order valence-corrected chi connectivity index (χ2v) is 7.31. The molecule has 1 amide bonds. The van der Waals surface area contributed by atoms with E-state index >= 15 is 0 Å². The maximum absolute atomic E-state index is 14.2. The average Bonchev–Trinajstić information content (AvgIpc) is 3.47. The maximum atomic E-state index is 14.2. The molecule has 31 heavy (non-hydrogen) atoms. The molecular weight excluding hydrogens is 395 g/mol. The number of carbonyl (C=O) groups is 1. The van der Waals surface area contributed by atoms with Crippen LogP contribution in [0.5, 0.6) is 5.75 Å². The molecule has 0 radical (unpaired) electrons. The van der Waals surface area contributed by atoms with Crippen LogP contribution in [0.1, 0.15) is 15.9 Å². The number of pyridine rings is 1. The Kier molecular flexibility index (Phi) is 4.92. The normalized spacial score (nSPS) is 14.7. The standard InChI is InChI=1S/C24H19FN4O2/c25-18-11-17-12-19(31-23(17)21(13-18)16-5-3-8-26-14-16)15-27-24(30)20-6-1-2-7-22(20)29-10-4-9-28-29/h1-11,13-14,19H,12,15H2,(H,27,30)/t19-/m1/s1. The summed E-state index contributed by atoms with van der Waals surface area (Å²) in [6.07, 6.45) is 7.03. The third-order valence-electron chi connectivity index (χ3n) is 5.23. The summed E-state index contributed by atoms with van der Waals surface area (Å²) < 4.78 is 22.0. The van der Waals surface area contributed by atoms with Gasteiger partial charge in [0.1, 0.15) is 17.7 Å². The van der Waals surface area contributed by atoms with Crippen molar-refractivity contribution in [3.8, 4) is 22.6 Å². The Morgan fingerprint density at radius 1 is 1.16 bits per heavy atom. The van der Waals surface area contributed by atoms with Crippen molar-refractivity contribution in [1.29, 1.82) is 0 Å². The molecule has 0 spiro atoms. The van der Waals surface area contributed by atoms with Gasteiger partial charge in [0.05, 0.1) is 17.8 Å². The number of fused-ring (bicyclic) bond motifs is 1. The predicted molar refractivity (Wildman–Crippen MR) is 114 cm³/mol. The number of amides is 1. The summed E-state index contributed by atoms with van der Waals surface area (Å²) in [5.41, 5.74) is 3.46. The van der Waals surface area contributed by atoms with E-state index in [1.165, 1.54) is 12.1 Å². The zero-order chi connectivity index (χ0) is 21.2. The lowest BCUT2D eigenvalue weighted by Gasteiger charge is -2.15. The first kappa shape index (κ1) is 19.0. The second-order valence-electron chi connectivity index (χ2n) is 7.31. The third-order valence-corrected chi connectivity index (χ3v) is 5.23. The Hall–Kier alpha value is -4.00. The monoisotopic (exact) mass is 414 g/mol. The number of rotatable bonds is 5. The first-order chi connectivity index (χ1) is 15.2. The first-order valence-corrected chi connectivity index (χ1v) is 9.96. The number of para-hydroxylation sites is 1. The highest BCUT2D eigenvalue weighted by Gasteiger charge is 2.27. The first-order valence-electron chi connectivity index (χ1n) is 9.96. The molecule has 0 aliphatic carbocycles. The largest absolute Gasteiger partial charge is 0.487 e. The van der Waals surface area contributed by atoms with Gasteiger partial charge in [-0.1, -0.05) is 18.2 Å². The molecule has 0 fully saturated rings. The summed E-state index contributed by atoms with van der Waals surface area (Å²) in [6, 6.07) is 15.7. The van der Waals surface area contributed by atoms with E-state index in [0.29, 0.717) is 35.5 Å². The van der Waals surface area contributed by atoms with Crippen molar-refractivity contribution >= 4 is 5.91 Å². The molecular formula is C24H19FN4O2. The zero-order valence-electron chi connectivity index (χ0n) is 16.5. The highest BCUT2D eigenvalue weighted by molar-refractivity contribution is 5.97. The van der Waals surface area contributed by atoms with Crippen molar-refractivity contribution in [2.75, 3.05) is 6.54 Å². The smallest absolute Gasteiger partial charge is 0.253 e. The molecule has 1 atom stereocenters. The van der Waals surface area contributed by atoms with Crippen LogP contribution in [0.3, 0.4) is 0 Å². The maximum Gasteiger partial charge on any atom is 0.253 e. The number of halogens is 1. The van der Waals surface area contributed by atoms with Crippen LogP contribution in [0, 0.1) is 5.82 Å². The highest BCUT2D eigenvalue weighted by atomic mass is 19.1. The fourth-order valence-corrected chi connectivity index (χ4v) is 3.82. The van der Waals surface area contributed by atoms with E-state index in [-0.39, 0.29) is 17.8 Å². The summed E-state index contributed by atoms with van der Waals surface area (Å²) >= 11 is 0. The molecule has 1 N–H and O–H groups in total. The van der Waals surface area contributed by atoms with Gasteiger partial charge in [-0.05, 0) is 36.4 Å². The molecule has 2 aromatic heterocycles. The zero-order valence-corrected chi connectivity index (χ0v) is 16.5. The van der Waals surface area contributed by atoms with E-state index in [4.69, 9.17) is 4.74 Å². The molecule has 7 heteroatoms. The van der Waals surface area contributed by atoms with Crippen LogP contribution in [-0.4, -0.2) is 33.3 Å². The van der Waals surface area contributed by atoms with Gasteiger partial charge in [-0.3, -0.25) is 9.78 Å². The third kappa shape index (κ3) is 3.77. The van der Waals surface area contributed by atoms with Crippen molar-refractivity contribution in [1.82, 2.24) is 20.1 Å². The Bertz CT molecular complexity index is 1230. The molecule has 4 aromatic rings. The molecule has 0 unspecified atom stereocenters. The second kappa shape index (κ2) is 8.02. The lowest BCUT2D eigenvalue weighted by atomic mass is 10.0. The Morgan fingerprint density at radius 2 is 2.06 bits per heavy atom. The molecule has 5 rings (SSSR count). The fourth-order valence-electron chi connectivity index (χ4n) is 3.82. The van der Waals surface area contributed by atoms with E-state index in [2.05, 4.69) is 15.4 Å². The van der Waals surface area contributed by atoms with Gasteiger partial charge in [-0.2, -0.15) is 5.10 Å². The van der Waals surface area contributed by atoms with Gasteiger partial charge in [0, 0.05) is 47.9 Å². The van der Waals surface area contributed by atoms with E-state index in [1.807, 2.05) is 24.3 Å². The van der Waals surface area contributed by atoms with Crippen molar-refractivity contribution in [3.63, 3.8) is 0 Å². The van der Waals surface area contributed by atoms with E-state index < -0.39 is 0 Å². The van der Waals surface area contributed by atoms with Gasteiger partial charge in [0.15, 0.2) is 0 Å². The van der Waals surface area contributed by atoms with E-state index in [0.717, 1.165) is 11.1 Å². The highest BCUT2D eigenvalue weighted by Crippen LogP contribution is 2.39. The number of aromatic nitrogens is 3. The molecule has 1 aliphatic rings. The molecule has 3 heterocycles. The van der Waals surface area contributed by atoms with E-state index in [1.54, 1.807) is 47.7 Å². The molecule has 0 saturated carbocycles. The summed E-state index contributed by atoms with van der Waals surface area (Å²) in [5, 5.41) is 7.15. The van der Waals surface area contributed by atoms with Gasteiger partial charge in [0.25, 0.3) is 5.91 Å². The van der Waals surface area contributed by atoms with Gasteiger partial charge in [0.2, 0.25) is 0 Å². The summed E-state index contributed by atoms with van der Waals surface area (Å²) in [7, 11) is 0. The van der Waals surface area contributed by atoms with Crippen LogP contribution in [0.25, 0.3) is 16.8 Å². The quantitative estimate of drug-likeness (QED) is 0.539. The minimum Gasteiger partial charge on any atom is -0.487 e. The number of nitrogens with zero attached hydrogens (tertiary/aromatic N) is 3. The number of benzene rings is 2. The predicted octanol–water partition coefficient (Wildman–Crippen LogP) is 3.81. The minimum atomic E-state index is -0.320. The van der Waals surface area contributed by atoms with Crippen LogP contribution in [0.2, 0.25) is 0 Å². The van der Waals surface area contributed by atoms with Crippen LogP contribution < -0.4 is 10.1 Å². The molecule has 0 bridgehead atoms. The van der Waals surface area contributed by atoms with Crippen molar-refractivity contribution < 1.29 is 13.9 Å². The Morgan fingerprint density at radius 3 is 2.87 bits per heavy atom. The summed E-state index contributed by atoms with van der Waals surface area (Å²) in [4.78, 5) is 17.0. The lowest BCUT2D eigenvalue weighted by molar-refractivity contribution is 0.0933. The number of nitrogens with one attached hydrogen (secondary N) is 1. The Labute approximate surface area is 178 Å². The van der Waals surface area contributed by atoms with Gasteiger partial charge in [-0.25, -0.2) is 9.07 Å². The number of hydrogen-bond donors (Lipinski definition) is 1. The Balaban J connectivity index is 1.32. The number of carbonyl (C=O) groups excluding carboxylic acids is 1. The molecule has 0 saturated heterocycles. The SMILES string of the molecule is O=C(NC[C@H]1Cc2cc(F)cc(-c3cccnc3)c2O1)c1ccccc1-n1cccn1. The number of hydrogen-bond acceptors (Lipinski definition) is 4. The summed E-state index contributed by atoms with van der Waals surface area (Å²) in [5.74, 6) is 0.106. The molecule has 1 aliphatic heterocycles. The van der Waals surface area contributed by atoms with Gasteiger partial charge < -0.3 is 10.1 Å². The van der Waals surface area contributed by atoms with Crippen molar-refractivity contribution in [3.05, 3.63) is 96.3 Å². The lowest BCUT2D eigenvalue weighted by Crippen LogP contribution is -2.35. The molecule has 2 aromatic carbocycles. The average molecular weight is 414 g/mol. The van der Waals surface area contributed by atoms with Gasteiger partial charge in [-0.15, -0.1) is 0 Å². The van der Waals surface area contributed by atoms with Crippen LogP contribution in [0.4, 0.5) is 4.39 Å². The van der Waals surface area contributed by atoms with Crippen LogP contribution >= 0.6 is 0 Å². The van der Waals surface area contributed by atoms with Crippen LogP contribution in [0.15, 0.2) is 79.4 Å². The van der Waals surface area contributed by atoms with Crippen LogP contribution in [-0.2, 0) is 6.42 Å². The van der Waals surface area contributed by atoms with Crippen molar-refractivity contribution in [2.45, 2.75) is 12.5 Å². The summed E-state index contributed by atoms with van der Waals surface area (Å²) in [6.45, 7) is 0.301. The molecule has 154 valence electrons.